The van der Waals surface area contributed by atoms with Crippen molar-refractivity contribution in [2.75, 3.05) is 27.3 Å². The molecule has 2 aromatic rings. The summed E-state index contributed by atoms with van der Waals surface area (Å²) in [6, 6.07) is 15.6. The summed E-state index contributed by atoms with van der Waals surface area (Å²) in [5.74, 6) is 1.82. The lowest BCUT2D eigenvalue weighted by Gasteiger charge is -2.32. The maximum atomic E-state index is 12.7. The lowest BCUT2D eigenvalue weighted by molar-refractivity contribution is 0.0811. The van der Waals surface area contributed by atoms with E-state index in [1.54, 1.807) is 14.2 Å². The molecule has 3 rings (SSSR count). The first-order valence-corrected chi connectivity index (χ1v) is 8.73. The van der Waals surface area contributed by atoms with Crippen LogP contribution in [-0.4, -0.2) is 38.0 Å². The number of hydrogen-bond acceptors (Lipinski definition) is 4. The Morgan fingerprint density at radius 2 is 1.84 bits per heavy atom. The van der Waals surface area contributed by atoms with E-state index in [1.807, 2.05) is 42.5 Å². The van der Waals surface area contributed by atoms with E-state index in [2.05, 4.69) is 11.0 Å². The third-order valence-electron chi connectivity index (χ3n) is 4.79. The number of ether oxygens (including phenoxy) is 2. The molecule has 2 aromatic carbocycles. The van der Waals surface area contributed by atoms with E-state index in [0.29, 0.717) is 0 Å². The molecule has 4 nitrogen and oxygen atoms in total. The van der Waals surface area contributed by atoms with Crippen molar-refractivity contribution in [3.05, 3.63) is 59.7 Å². The van der Waals surface area contributed by atoms with Gasteiger partial charge in [0.05, 0.1) is 14.2 Å². The molecular weight excluding hydrogens is 314 g/mol. The van der Waals surface area contributed by atoms with Gasteiger partial charge in [-0.25, -0.2) is 0 Å². The summed E-state index contributed by atoms with van der Waals surface area (Å²) in [4.78, 5) is 15.1. The third kappa shape index (κ3) is 4.20. The molecule has 0 saturated carbocycles. The lowest BCUT2D eigenvalue weighted by atomic mass is 9.90. The van der Waals surface area contributed by atoms with Crippen LogP contribution in [0, 0.1) is 5.92 Å². The van der Waals surface area contributed by atoms with Crippen LogP contribution in [0.1, 0.15) is 28.8 Å². The van der Waals surface area contributed by atoms with Crippen LogP contribution in [0.5, 0.6) is 11.5 Å². The minimum Gasteiger partial charge on any atom is -0.493 e. The number of hydrogen-bond donors (Lipinski definition) is 0. The largest absolute Gasteiger partial charge is 0.493 e. The number of benzene rings is 2. The van der Waals surface area contributed by atoms with Crippen LogP contribution >= 0.6 is 0 Å². The first kappa shape index (κ1) is 17.5. The summed E-state index contributed by atoms with van der Waals surface area (Å²) in [5.41, 5.74) is 1.99. The van der Waals surface area contributed by atoms with Crippen molar-refractivity contribution in [1.29, 1.82) is 0 Å². The Hall–Kier alpha value is -2.33. The highest BCUT2D eigenvalue weighted by molar-refractivity contribution is 5.98. The van der Waals surface area contributed by atoms with Gasteiger partial charge in [0.25, 0.3) is 0 Å². The number of likely N-dealkylation sites (tertiary alicyclic amines) is 1. The maximum Gasteiger partial charge on any atom is 0.167 e. The van der Waals surface area contributed by atoms with Crippen LogP contribution in [-0.2, 0) is 6.54 Å². The van der Waals surface area contributed by atoms with Crippen molar-refractivity contribution in [3.8, 4) is 11.5 Å². The monoisotopic (exact) mass is 339 g/mol. The van der Waals surface area contributed by atoms with Gasteiger partial charge in [0.1, 0.15) is 0 Å². The van der Waals surface area contributed by atoms with Crippen molar-refractivity contribution in [1.82, 2.24) is 4.90 Å². The second-order valence-electron chi connectivity index (χ2n) is 6.49. The van der Waals surface area contributed by atoms with E-state index in [0.717, 1.165) is 49.5 Å². The van der Waals surface area contributed by atoms with Crippen molar-refractivity contribution in [2.24, 2.45) is 5.92 Å². The van der Waals surface area contributed by atoms with Crippen LogP contribution in [0.3, 0.4) is 0 Å². The van der Waals surface area contributed by atoms with Crippen LogP contribution in [0.15, 0.2) is 48.5 Å². The van der Waals surface area contributed by atoms with Gasteiger partial charge in [-0.2, -0.15) is 0 Å². The molecule has 1 aliphatic heterocycles. The van der Waals surface area contributed by atoms with Crippen LogP contribution in [0.25, 0.3) is 0 Å². The fourth-order valence-corrected chi connectivity index (χ4v) is 3.49. The molecule has 1 heterocycles. The van der Waals surface area contributed by atoms with E-state index in [1.165, 1.54) is 5.56 Å². The summed E-state index contributed by atoms with van der Waals surface area (Å²) in [7, 11) is 3.29. The summed E-state index contributed by atoms with van der Waals surface area (Å²) < 4.78 is 10.7. The van der Waals surface area contributed by atoms with E-state index >= 15 is 0 Å². The fraction of sp³-hybridized carbons (Fsp3) is 0.381. The van der Waals surface area contributed by atoms with Crippen LogP contribution < -0.4 is 9.47 Å². The van der Waals surface area contributed by atoms with E-state index < -0.39 is 0 Å². The Labute approximate surface area is 149 Å². The smallest absolute Gasteiger partial charge is 0.167 e. The van der Waals surface area contributed by atoms with Gasteiger partial charge in [-0.3, -0.25) is 9.69 Å². The molecule has 132 valence electrons. The lowest BCUT2D eigenvalue weighted by Crippen LogP contribution is -2.38. The molecule has 1 atom stereocenters. The highest BCUT2D eigenvalue weighted by Gasteiger charge is 2.26. The van der Waals surface area contributed by atoms with Gasteiger partial charge in [-0.1, -0.05) is 36.4 Å². The van der Waals surface area contributed by atoms with E-state index in [9.17, 15) is 4.79 Å². The van der Waals surface area contributed by atoms with Gasteiger partial charge in [0.15, 0.2) is 17.3 Å². The number of carbonyl (C=O) groups is 1. The van der Waals surface area contributed by atoms with Crippen molar-refractivity contribution < 1.29 is 14.3 Å². The number of nitrogens with zero attached hydrogens (tertiary/aromatic N) is 1. The molecule has 1 saturated heterocycles. The molecule has 0 amide bonds. The first-order valence-electron chi connectivity index (χ1n) is 8.73. The second kappa shape index (κ2) is 8.17. The zero-order valence-electron chi connectivity index (χ0n) is 14.9. The average molecular weight is 339 g/mol. The summed E-state index contributed by atoms with van der Waals surface area (Å²) >= 11 is 0. The third-order valence-corrected chi connectivity index (χ3v) is 4.79. The molecule has 1 unspecified atom stereocenters. The molecule has 0 bridgehead atoms. The van der Waals surface area contributed by atoms with Crippen LogP contribution in [0.2, 0.25) is 0 Å². The zero-order chi connectivity index (χ0) is 17.6. The fourth-order valence-electron chi connectivity index (χ4n) is 3.49. The van der Waals surface area contributed by atoms with Gasteiger partial charge in [0.2, 0.25) is 0 Å². The zero-order valence-corrected chi connectivity index (χ0v) is 14.9. The topological polar surface area (TPSA) is 38.8 Å². The van der Waals surface area contributed by atoms with Crippen molar-refractivity contribution >= 4 is 5.78 Å². The Morgan fingerprint density at radius 1 is 1.08 bits per heavy atom. The van der Waals surface area contributed by atoms with Gasteiger partial charge in [-0.05, 0) is 37.1 Å². The molecule has 0 N–H and O–H groups in total. The predicted molar refractivity (Wildman–Crippen MR) is 98.3 cm³/mol. The molecule has 1 fully saturated rings. The van der Waals surface area contributed by atoms with E-state index in [-0.39, 0.29) is 11.7 Å². The number of carbonyl (C=O) groups excluding carboxylic acids is 1. The van der Waals surface area contributed by atoms with Gasteiger partial charge < -0.3 is 9.47 Å². The maximum absolute atomic E-state index is 12.7. The second-order valence-corrected chi connectivity index (χ2v) is 6.49. The van der Waals surface area contributed by atoms with Gasteiger partial charge >= 0.3 is 0 Å². The average Bonchev–Trinajstić information content (AvgIpc) is 2.68. The summed E-state index contributed by atoms with van der Waals surface area (Å²) in [6.45, 7) is 2.65. The molecule has 0 spiro atoms. The molecule has 0 aromatic heterocycles. The predicted octanol–water partition coefficient (Wildman–Crippen LogP) is 3.80. The molecule has 25 heavy (non-hydrogen) atoms. The van der Waals surface area contributed by atoms with Gasteiger partial charge in [0, 0.05) is 24.6 Å². The van der Waals surface area contributed by atoms with Gasteiger partial charge in [-0.15, -0.1) is 0 Å². The Bertz CT molecular complexity index is 714. The van der Waals surface area contributed by atoms with Crippen molar-refractivity contribution in [3.63, 3.8) is 0 Å². The Morgan fingerprint density at radius 3 is 2.56 bits per heavy atom. The number of piperidine rings is 1. The SMILES string of the molecule is COc1ccc(CN2CCCC(C(=O)c3ccccc3)C2)cc1OC. The first-order chi connectivity index (χ1) is 12.2. The number of Topliss-reactive ketones (excluding diaryl/α,β-unsaturated/α-hetero) is 1. The molecule has 1 aliphatic rings. The van der Waals surface area contributed by atoms with Crippen LogP contribution in [0.4, 0.5) is 0 Å². The normalized spacial score (nSPS) is 17.9. The number of methoxy groups -OCH3 is 2. The highest BCUT2D eigenvalue weighted by Crippen LogP contribution is 2.29. The molecule has 0 radical (unpaired) electrons. The summed E-state index contributed by atoms with van der Waals surface area (Å²) in [5, 5.41) is 0. The Kier molecular flexibility index (Phi) is 5.71. The highest BCUT2D eigenvalue weighted by atomic mass is 16.5. The standard InChI is InChI=1S/C21H25NO3/c1-24-19-11-10-16(13-20(19)25-2)14-22-12-6-9-18(15-22)21(23)17-7-4-3-5-8-17/h3-5,7-8,10-11,13,18H,6,9,12,14-15H2,1-2H3. The quantitative estimate of drug-likeness (QED) is 0.751. The minimum atomic E-state index is 0.0799. The van der Waals surface area contributed by atoms with E-state index in [4.69, 9.17) is 9.47 Å². The Balaban J connectivity index is 1.67. The summed E-state index contributed by atoms with van der Waals surface area (Å²) in [6.07, 6.45) is 2.02. The molecular formula is C21H25NO3. The molecule has 4 heteroatoms. The number of ketones is 1. The number of rotatable bonds is 6. The van der Waals surface area contributed by atoms with Crippen molar-refractivity contribution in [2.45, 2.75) is 19.4 Å². The molecule has 0 aliphatic carbocycles. The minimum absolute atomic E-state index is 0.0799.